The van der Waals surface area contributed by atoms with Gasteiger partial charge in [0.25, 0.3) is 0 Å². The van der Waals surface area contributed by atoms with Crippen molar-refractivity contribution in [1.29, 1.82) is 0 Å². The highest BCUT2D eigenvalue weighted by Gasteiger charge is 2.33. The van der Waals surface area contributed by atoms with Crippen LogP contribution in [0.25, 0.3) is 11.0 Å². The number of amides is 2. The molecule has 0 radical (unpaired) electrons. The molecule has 29 heavy (non-hydrogen) atoms. The standard InChI is InChI=1S/C20H28N6O3/c1-15(27)23-10-12-24(13-11-23)18-6-8-25(9-7-19(18)28)20(29)14-26-17-5-3-2-4-16(17)21-22-26/h2-5,18-19,28H,6-14H2,1H3/t18-,19-/m0/s1. The number of para-hydroxylation sites is 1. The van der Waals surface area contributed by atoms with E-state index in [1.54, 1.807) is 11.6 Å². The van der Waals surface area contributed by atoms with Crippen LogP contribution in [-0.4, -0.2) is 98.0 Å². The summed E-state index contributed by atoms with van der Waals surface area (Å²) < 4.78 is 1.64. The van der Waals surface area contributed by atoms with Crippen molar-refractivity contribution >= 4 is 22.8 Å². The Morgan fingerprint density at radius 2 is 1.76 bits per heavy atom. The van der Waals surface area contributed by atoms with E-state index in [-0.39, 0.29) is 24.4 Å². The van der Waals surface area contributed by atoms with Gasteiger partial charge in [-0.3, -0.25) is 14.5 Å². The van der Waals surface area contributed by atoms with Crippen LogP contribution in [0.15, 0.2) is 24.3 Å². The highest BCUT2D eigenvalue weighted by Crippen LogP contribution is 2.20. The molecular weight excluding hydrogens is 372 g/mol. The molecule has 0 unspecified atom stereocenters. The molecule has 2 atom stereocenters. The van der Waals surface area contributed by atoms with Crippen LogP contribution in [0.2, 0.25) is 0 Å². The Hall–Kier alpha value is -2.52. The quantitative estimate of drug-likeness (QED) is 0.776. The summed E-state index contributed by atoms with van der Waals surface area (Å²) in [7, 11) is 0. The first kappa shape index (κ1) is 19.8. The van der Waals surface area contributed by atoms with Gasteiger partial charge < -0.3 is 14.9 Å². The largest absolute Gasteiger partial charge is 0.391 e. The van der Waals surface area contributed by atoms with Crippen molar-refractivity contribution in [2.45, 2.75) is 38.5 Å². The topological polar surface area (TPSA) is 94.8 Å². The third-order valence-electron chi connectivity index (χ3n) is 6.12. The van der Waals surface area contributed by atoms with Gasteiger partial charge in [-0.25, -0.2) is 4.68 Å². The summed E-state index contributed by atoms with van der Waals surface area (Å²) in [5, 5.41) is 18.9. The average Bonchev–Trinajstić information content (AvgIpc) is 3.02. The predicted octanol–water partition coefficient (Wildman–Crippen LogP) is -0.0527. The first-order valence-corrected chi connectivity index (χ1v) is 10.3. The number of aliphatic hydroxyl groups is 1. The molecule has 4 rings (SSSR count). The molecule has 2 aliphatic heterocycles. The lowest BCUT2D eigenvalue weighted by Gasteiger charge is -2.40. The van der Waals surface area contributed by atoms with Gasteiger partial charge in [-0.15, -0.1) is 5.10 Å². The number of hydrogen-bond donors (Lipinski definition) is 1. The van der Waals surface area contributed by atoms with Crippen LogP contribution in [0.1, 0.15) is 19.8 Å². The van der Waals surface area contributed by atoms with E-state index in [4.69, 9.17) is 0 Å². The van der Waals surface area contributed by atoms with E-state index in [1.165, 1.54) is 0 Å². The molecule has 2 fully saturated rings. The molecule has 156 valence electrons. The lowest BCUT2D eigenvalue weighted by Crippen LogP contribution is -2.54. The fourth-order valence-electron chi connectivity index (χ4n) is 4.38. The number of aromatic nitrogens is 3. The van der Waals surface area contributed by atoms with Gasteiger partial charge in [0.1, 0.15) is 12.1 Å². The number of hydrogen-bond acceptors (Lipinski definition) is 6. The minimum Gasteiger partial charge on any atom is -0.391 e. The van der Waals surface area contributed by atoms with Crippen LogP contribution in [0.3, 0.4) is 0 Å². The maximum absolute atomic E-state index is 12.9. The van der Waals surface area contributed by atoms with E-state index >= 15 is 0 Å². The van der Waals surface area contributed by atoms with Crippen LogP contribution in [-0.2, 0) is 16.1 Å². The lowest BCUT2D eigenvalue weighted by molar-refractivity contribution is -0.132. The predicted molar refractivity (Wildman–Crippen MR) is 107 cm³/mol. The molecule has 3 heterocycles. The number of aliphatic hydroxyl groups excluding tert-OH is 1. The molecular formula is C20H28N6O3. The zero-order valence-electron chi connectivity index (χ0n) is 16.8. The molecule has 1 aromatic heterocycles. The molecule has 9 nitrogen and oxygen atoms in total. The Morgan fingerprint density at radius 3 is 2.52 bits per heavy atom. The Morgan fingerprint density at radius 1 is 1.03 bits per heavy atom. The van der Waals surface area contributed by atoms with Gasteiger partial charge in [0.2, 0.25) is 11.8 Å². The maximum atomic E-state index is 12.9. The molecule has 0 aliphatic carbocycles. The molecule has 9 heteroatoms. The number of rotatable bonds is 3. The summed E-state index contributed by atoms with van der Waals surface area (Å²) in [6, 6.07) is 7.61. The number of likely N-dealkylation sites (tertiary alicyclic amines) is 1. The fourth-order valence-corrected chi connectivity index (χ4v) is 4.38. The zero-order chi connectivity index (χ0) is 20.4. The van der Waals surface area contributed by atoms with Gasteiger partial charge in [-0.2, -0.15) is 0 Å². The van der Waals surface area contributed by atoms with Gasteiger partial charge in [0, 0.05) is 52.2 Å². The first-order valence-electron chi connectivity index (χ1n) is 10.3. The third kappa shape index (κ3) is 4.25. The third-order valence-corrected chi connectivity index (χ3v) is 6.12. The van der Waals surface area contributed by atoms with Crippen LogP contribution in [0.4, 0.5) is 0 Å². The molecule has 0 spiro atoms. The maximum Gasteiger partial charge on any atom is 0.244 e. The number of fused-ring (bicyclic) bond motifs is 1. The number of piperazine rings is 1. The molecule has 2 amide bonds. The van der Waals surface area contributed by atoms with Gasteiger partial charge in [0.05, 0.1) is 11.6 Å². The number of nitrogens with zero attached hydrogens (tertiary/aromatic N) is 6. The van der Waals surface area contributed by atoms with E-state index in [0.29, 0.717) is 32.6 Å². The van der Waals surface area contributed by atoms with Crippen molar-refractivity contribution in [3.05, 3.63) is 24.3 Å². The lowest BCUT2D eigenvalue weighted by atomic mass is 10.0. The van der Waals surface area contributed by atoms with Crippen molar-refractivity contribution in [1.82, 2.24) is 29.7 Å². The number of carbonyl (C=O) groups is 2. The van der Waals surface area contributed by atoms with Gasteiger partial charge in [-0.05, 0) is 25.0 Å². The van der Waals surface area contributed by atoms with Gasteiger partial charge in [0.15, 0.2) is 0 Å². The number of carbonyl (C=O) groups excluding carboxylic acids is 2. The van der Waals surface area contributed by atoms with Crippen molar-refractivity contribution in [3.8, 4) is 0 Å². The highest BCUT2D eigenvalue weighted by molar-refractivity contribution is 5.79. The molecule has 0 bridgehead atoms. The van der Waals surface area contributed by atoms with E-state index in [2.05, 4.69) is 15.2 Å². The summed E-state index contributed by atoms with van der Waals surface area (Å²) in [6.45, 7) is 5.81. The zero-order valence-corrected chi connectivity index (χ0v) is 16.8. The monoisotopic (exact) mass is 400 g/mol. The SMILES string of the molecule is CC(=O)N1CCN([C@H]2CCN(C(=O)Cn3nnc4ccccc43)CC[C@@H]2O)CC1. The summed E-state index contributed by atoms with van der Waals surface area (Å²) in [5.74, 6) is 0.0957. The average molecular weight is 400 g/mol. The fraction of sp³-hybridized carbons (Fsp3) is 0.600. The molecule has 1 N–H and O–H groups in total. The first-order chi connectivity index (χ1) is 14.0. The van der Waals surface area contributed by atoms with Crippen LogP contribution < -0.4 is 0 Å². The number of benzene rings is 1. The Kier molecular flexibility index (Phi) is 5.77. The van der Waals surface area contributed by atoms with Crippen LogP contribution >= 0.6 is 0 Å². The van der Waals surface area contributed by atoms with Crippen molar-refractivity contribution in [2.75, 3.05) is 39.3 Å². The van der Waals surface area contributed by atoms with E-state index in [0.717, 1.165) is 30.5 Å². The summed E-state index contributed by atoms with van der Waals surface area (Å²) in [6.07, 6.45) is 0.816. The van der Waals surface area contributed by atoms with Gasteiger partial charge in [-0.1, -0.05) is 17.3 Å². The normalized spacial score (nSPS) is 23.9. The summed E-state index contributed by atoms with van der Waals surface area (Å²) in [4.78, 5) is 30.3. The van der Waals surface area contributed by atoms with Crippen molar-refractivity contribution in [3.63, 3.8) is 0 Å². The molecule has 2 aliphatic rings. The summed E-state index contributed by atoms with van der Waals surface area (Å²) >= 11 is 0. The minimum atomic E-state index is -0.469. The molecule has 2 aromatic rings. The second-order valence-electron chi connectivity index (χ2n) is 7.87. The minimum absolute atomic E-state index is 0.00472. The van der Waals surface area contributed by atoms with Crippen LogP contribution in [0, 0.1) is 0 Å². The Balaban J connectivity index is 1.36. The van der Waals surface area contributed by atoms with Gasteiger partial charge >= 0.3 is 0 Å². The molecule has 0 saturated carbocycles. The van der Waals surface area contributed by atoms with E-state index in [9.17, 15) is 14.7 Å². The second-order valence-corrected chi connectivity index (χ2v) is 7.87. The Bertz CT molecular complexity index is 876. The molecule has 2 saturated heterocycles. The molecule has 1 aromatic carbocycles. The van der Waals surface area contributed by atoms with Crippen LogP contribution in [0.5, 0.6) is 0 Å². The summed E-state index contributed by atoms with van der Waals surface area (Å²) in [5.41, 5.74) is 1.62. The van der Waals surface area contributed by atoms with E-state index in [1.807, 2.05) is 34.1 Å². The van der Waals surface area contributed by atoms with Crippen molar-refractivity contribution < 1.29 is 14.7 Å². The van der Waals surface area contributed by atoms with E-state index < -0.39 is 6.10 Å². The second kappa shape index (κ2) is 8.46. The highest BCUT2D eigenvalue weighted by atomic mass is 16.3. The smallest absolute Gasteiger partial charge is 0.244 e. The van der Waals surface area contributed by atoms with Crippen molar-refractivity contribution in [2.24, 2.45) is 0 Å². The Labute approximate surface area is 169 Å².